The fraction of sp³-hybridized carbons (Fsp3) is 0.611. The normalized spacial score (nSPS) is 23.0. The van der Waals surface area contributed by atoms with E-state index in [0.29, 0.717) is 37.1 Å². The molecule has 1 N–H and O–H groups in total. The number of amides is 2. The Morgan fingerprint density at radius 2 is 2.12 bits per heavy atom. The van der Waals surface area contributed by atoms with E-state index in [4.69, 9.17) is 0 Å². The zero-order valence-corrected chi connectivity index (χ0v) is 14.4. The maximum Gasteiger partial charge on any atom is 0.350 e. The van der Waals surface area contributed by atoms with Gasteiger partial charge in [0.15, 0.2) is 5.65 Å². The molecule has 0 bridgehead atoms. The van der Waals surface area contributed by atoms with Gasteiger partial charge >= 0.3 is 11.7 Å². The smallest absolute Gasteiger partial charge is 0.338 e. The number of nitrogens with one attached hydrogen (secondary N) is 1. The van der Waals surface area contributed by atoms with Crippen LogP contribution in [-0.2, 0) is 6.54 Å². The summed E-state index contributed by atoms with van der Waals surface area (Å²) in [7, 11) is 0. The SMILES string of the molecule is O=C(NCCCn1nc2ccccn2c1=O)N1CCC[C@H]2CCC[C@H]21. The first kappa shape index (κ1) is 16.2. The Morgan fingerprint density at radius 3 is 3.00 bits per heavy atom. The molecule has 2 fully saturated rings. The average Bonchev–Trinajstić information content (AvgIpc) is 3.23. The number of fused-ring (bicyclic) bond motifs is 2. The minimum Gasteiger partial charge on any atom is -0.338 e. The van der Waals surface area contributed by atoms with Crippen molar-refractivity contribution in [2.75, 3.05) is 13.1 Å². The third-order valence-electron chi connectivity index (χ3n) is 5.57. The van der Waals surface area contributed by atoms with Crippen LogP contribution in [0.15, 0.2) is 29.2 Å². The first-order valence-corrected chi connectivity index (χ1v) is 9.33. The number of pyridine rings is 1. The summed E-state index contributed by atoms with van der Waals surface area (Å²) in [5.74, 6) is 0.705. The van der Waals surface area contributed by atoms with Gasteiger partial charge in [0.1, 0.15) is 0 Å². The van der Waals surface area contributed by atoms with Crippen LogP contribution in [0.1, 0.15) is 38.5 Å². The number of hydrogen-bond acceptors (Lipinski definition) is 3. The van der Waals surface area contributed by atoms with E-state index in [9.17, 15) is 9.59 Å². The number of aryl methyl sites for hydroxylation is 1. The van der Waals surface area contributed by atoms with Crippen molar-refractivity contribution >= 4 is 11.7 Å². The summed E-state index contributed by atoms with van der Waals surface area (Å²) < 4.78 is 3.00. The summed E-state index contributed by atoms with van der Waals surface area (Å²) in [4.78, 5) is 26.7. The van der Waals surface area contributed by atoms with Gasteiger partial charge in [0, 0.05) is 31.9 Å². The lowest BCUT2D eigenvalue weighted by Gasteiger charge is -2.37. The molecule has 2 aliphatic rings. The molecule has 1 aliphatic carbocycles. The Kier molecular flexibility index (Phi) is 4.46. The van der Waals surface area contributed by atoms with Crippen molar-refractivity contribution in [2.45, 2.75) is 51.1 Å². The molecule has 2 atom stereocenters. The van der Waals surface area contributed by atoms with Gasteiger partial charge in [-0.05, 0) is 50.2 Å². The highest BCUT2D eigenvalue weighted by Gasteiger charge is 2.37. The fourth-order valence-electron chi connectivity index (χ4n) is 4.35. The quantitative estimate of drug-likeness (QED) is 0.862. The molecule has 7 nitrogen and oxygen atoms in total. The second-order valence-corrected chi connectivity index (χ2v) is 7.11. The van der Waals surface area contributed by atoms with Crippen LogP contribution in [0.4, 0.5) is 4.79 Å². The molecule has 2 amide bonds. The third-order valence-corrected chi connectivity index (χ3v) is 5.57. The van der Waals surface area contributed by atoms with Crippen LogP contribution in [0.25, 0.3) is 5.65 Å². The lowest BCUT2D eigenvalue weighted by molar-refractivity contribution is 0.128. The zero-order chi connectivity index (χ0) is 17.2. The predicted octanol–water partition coefficient (Wildman–Crippen LogP) is 1.86. The first-order valence-electron chi connectivity index (χ1n) is 9.33. The molecule has 7 heteroatoms. The van der Waals surface area contributed by atoms with Gasteiger partial charge in [-0.25, -0.2) is 14.3 Å². The predicted molar refractivity (Wildman–Crippen MR) is 94.5 cm³/mol. The molecule has 0 radical (unpaired) electrons. The Bertz CT molecular complexity index is 811. The molecule has 134 valence electrons. The summed E-state index contributed by atoms with van der Waals surface area (Å²) in [5.41, 5.74) is 0.517. The van der Waals surface area contributed by atoms with E-state index >= 15 is 0 Å². The third kappa shape index (κ3) is 3.15. The summed E-state index contributed by atoms with van der Waals surface area (Å²) in [6, 6.07) is 5.99. The molecule has 1 saturated carbocycles. The molecule has 1 aliphatic heterocycles. The highest BCUT2D eigenvalue weighted by Crippen LogP contribution is 2.36. The molecule has 2 aromatic heterocycles. The number of likely N-dealkylation sites (tertiary alicyclic amines) is 1. The monoisotopic (exact) mass is 343 g/mol. The number of rotatable bonds is 4. The topological polar surface area (TPSA) is 71.6 Å². The number of aromatic nitrogens is 3. The first-order chi connectivity index (χ1) is 12.2. The van der Waals surface area contributed by atoms with Gasteiger partial charge in [-0.15, -0.1) is 5.10 Å². The number of carbonyl (C=O) groups is 1. The highest BCUT2D eigenvalue weighted by atomic mass is 16.2. The number of urea groups is 1. The van der Waals surface area contributed by atoms with Crippen molar-refractivity contribution in [3.8, 4) is 0 Å². The number of nitrogens with zero attached hydrogens (tertiary/aromatic N) is 4. The molecule has 3 heterocycles. The van der Waals surface area contributed by atoms with Gasteiger partial charge < -0.3 is 10.2 Å². The minimum absolute atomic E-state index is 0.0546. The Hall–Kier alpha value is -2.31. The Balaban J connectivity index is 1.29. The minimum atomic E-state index is -0.133. The van der Waals surface area contributed by atoms with Crippen LogP contribution in [0.2, 0.25) is 0 Å². The van der Waals surface area contributed by atoms with Gasteiger partial charge in [-0.3, -0.25) is 4.40 Å². The van der Waals surface area contributed by atoms with Gasteiger partial charge in [0.25, 0.3) is 0 Å². The molecule has 2 aromatic rings. The summed E-state index contributed by atoms with van der Waals surface area (Å²) in [5, 5.41) is 7.33. The van der Waals surface area contributed by atoms with Crippen LogP contribution in [-0.4, -0.2) is 44.2 Å². The highest BCUT2D eigenvalue weighted by molar-refractivity contribution is 5.74. The van der Waals surface area contributed by atoms with Crippen molar-refractivity contribution in [1.29, 1.82) is 0 Å². The number of hydrogen-bond donors (Lipinski definition) is 1. The summed E-state index contributed by atoms with van der Waals surface area (Å²) in [6.45, 7) is 1.94. The van der Waals surface area contributed by atoms with Gasteiger partial charge in [0.2, 0.25) is 0 Å². The molecule has 0 unspecified atom stereocenters. The van der Waals surface area contributed by atoms with Gasteiger partial charge in [-0.2, -0.15) is 0 Å². The molecular weight excluding hydrogens is 318 g/mol. The van der Waals surface area contributed by atoms with E-state index < -0.39 is 0 Å². The number of piperidine rings is 1. The van der Waals surface area contributed by atoms with Crippen molar-refractivity contribution in [3.63, 3.8) is 0 Å². The molecule has 4 rings (SSSR count). The van der Waals surface area contributed by atoms with Crippen molar-refractivity contribution in [1.82, 2.24) is 24.4 Å². The second-order valence-electron chi connectivity index (χ2n) is 7.11. The van der Waals surface area contributed by atoms with Crippen molar-refractivity contribution < 1.29 is 4.79 Å². The summed E-state index contributed by atoms with van der Waals surface area (Å²) in [6.07, 6.45) is 8.46. The van der Waals surface area contributed by atoms with Crippen molar-refractivity contribution in [2.24, 2.45) is 5.92 Å². The van der Waals surface area contributed by atoms with E-state index in [2.05, 4.69) is 10.4 Å². The molecule has 1 saturated heterocycles. The van der Waals surface area contributed by atoms with E-state index in [1.54, 1.807) is 6.20 Å². The fourth-order valence-corrected chi connectivity index (χ4v) is 4.35. The molecule has 0 aromatic carbocycles. The molecule has 25 heavy (non-hydrogen) atoms. The van der Waals surface area contributed by atoms with E-state index in [-0.39, 0.29) is 11.7 Å². The van der Waals surface area contributed by atoms with Crippen LogP contribution in [0, 0.1) is 5.92 Å². The van der Waals surface area contributed by atoms with Gasteiger partial charge in [-0.1, -0.05) is 12.5 Å². The van der Waals surface area contributed by atoms with E-state index in [0.717, 1.165) is 19.4 Å². The second kappa shape index (κ2) is 6.90. The Morgan fingerprint density at radius 1 is 1.24 bits per heavy atom. The van der Waals surface area contributed by atoms with Crippen molar-refractivity contribution in [3.05, 3.63) is 34.9 Å². The standard InChI is InChI=1S/C18H25N5O2/c24-17(21-12-4-7-14-6-3-8-15(14)21)19-10-5-13-23-18(25)22-11-2-1-9-16(22)20-23/h1-2,9,11,14-15H,3-8,10,12-13H2,(H,19,24)/t14-,15-/m1/s1. The van der Waals surface area contributed by atoms with Crippen LogP contribution in [0.5, 0.6) is 0 Å². The summed E-state index contributed by atoms with van der Waals surface area (Å²) >= 11 is 0. The average molecular weight is 343 g/mol. The maximum atomic E-state index is 12.5. The van der Waals surface area contributed by atoms with Crippen LogP contribution in [0.3, 0.4) is 0 Å². The zero-order valence-electron chi connectivity index (χ0n) is 14.4. The maximum absolute atomic E-state index is 12.5. The van der Waals surface area contributed by atoms with E-state index in [1.807, 2.05) is 23.1 Å². The van der Waals surface area contributed by atoms with Gasteiger partial charge in [0.05, 0.1) is 0 Å². The lowest BCUT2D eigenvalue weighted by atomic mass is 9.92. The molecule has 0 spiro atoms. The number of carbonyl (C=O) groups excluding carboxylic acids is 1. The lowest BCUT2D eigenvalue weighted by Crippen LogP contribution is -2.50. The molecular formula is C18H25N5O2. The van der Waals surface area contributed by atoms with E-state index in [1.165, 1.54) is 28.3 Å². The Labute approximate surface area is 146 Å². The largest absolute Gasteiger partial charge is 0.350 e. The van der Waals surface area contributed by atoms with Crippen LogP contribution < -0.4 is 11.0 Å². The van der Waals surface area contributed by atoms with Crippen LogP contribution >= 0.6 is 0 Å².